The molecule has 0 atom stereocenters. The number of halogens is 3. The van der Waals surface area contributed by atoms with Crippen LogP contribution in [-0.2, 0) is 6.54 Å². The molecule has 0 aromatic heterocycles. The Bertz CT molecular complexity index is 601. The molecule has 2 aromatic rings. The number of hydrogen-bond donors (Lipinski definition) is 2. The maximum atomic E-state index is 12.3. The lowest BCUT2D eigenvalue weighted by molar-refractivity contribution is -0.105. The van der Waals surface area contributed by atoms with E-state index in [2.05, 4.69) is 5.32 Å². The Morgan fingerprint density at radius 3 is 2.52 bits per heavy atom. The maximum Gasteiger partial charge on any atom is 0.398 e. The number of thioether (sulfide) groups is 1. The van der Waals surface area contributed by atoms with E-state index in [-0.39, 0.29) is 5.75 Å². The van der Waals surface area contributed by atoms with E-state index in [1.54, 1.807) is 42.5 Å². The van der Waals surface area contributed by atoms with Gasteiger partial charge in [0.15, 0.2) is 0 Å². The predicted molar refractivity (Wildman–Crippen MR) is 78.7 cm³/mol. The van der Waals surface area contributed by atoms with Gasteiger partial charge in [-0.25, -0.2) is 0 Å². The molecular weight excluding hydrogens is 299 g/mol. The van der Waals surface area contributed by atoms with Crippen LogP contribution in [0.2, 0.25) is 0 Å². The molecule has 6 heteroatoms. The molecule has 0 aliphatic heterocycles. The normalized spacial score (nSPS) is 11.4. The minimum atomic E-state index is -4.19. The third kappa shape index (κ3) is 5.23. The first-order valence-corrected chi connectivity index (χ1v) is 7.23. The minimum absolute atomic E-state index is 0.161. The molecule has 0 unspecified atom stereocenters. The topological polar surface area (TPSA) is 32.3 Å². The van der Waals surface area contributed by atoms with Crippen LogP contribution in [-0.4, -0.2) is 17.0 Å². The lowest BCUT2D eigenvalue weighted by atomic mass is 10.2. The van der Waals surface area contributed by atoms with E-state index in [1.165, 1.54) is 0 Å². The van der Waals surface area contributed by atoms with Crippen LogP contribution in [0.3, 0.4) is 0 Å². The summed E-state index contributed by atoms with van der Waals surface area (Å²) in [5.74, 6) is -0.758. The average Bonchev–Trinajstić information content (AvgIpc) is 2.43. The van der Waals surface area contributed by atoms with Crippen molar-refractivity contribution in [3.8, 4) is 5.75 Å². The number of anilines is 1. The van der Waals surface area contributed by atoms with Gasteiger partial charge in [0.05, 0.1) is 5.75 Å². The molecule has 0 bridgehead atoms. The van der Waals surface area contributed by atoms with E-state index in [1.807, 2.05) is 6.07 Å². The lowest BCUT2D eigenvalue weighted by Crippen LogP contribution is -2.11. The number of nitrogens with one attached hydrogen (secondary N) is 1. The third-order valence-electron chi connectivity index (χ3n) is 2.67. The van der Waals surface area contributed by atoms with Crippen molar-refractivity contribution in [2.24, 2.45) is 0 Å². The summed E-state index contributed by atoms with van der Waals surface area (Å²) in [6.45, 7) is 0.429. The summed E-state index contributed by atoms with van der Waals surface area (Å²) < 4.78 is 36.9. The number of phenols is 1. The van der Waals surface area contributed by atoms with Crippen LogP contribution < -0.4 is 5.32 Å². The quantitative estimate of drug-likeness (QED) is 0.788. The molecule has 0 spiro atoms. The fourth-order valence-corrected chi connectivity index (χ4v) is 2.55. The van der Waals surface area contributed by atoms with Crippen LogP contribution in [0, 0.1) is 0 Å². The molecule has 0 aliphatic rings. The first-order valence-electron chi connectivity index (χ1n) is 6.24. The molecule has 2 N–H and O–H groups in total. The molecule has 0 saturated heterocycles. The Morgan fingerprint density at radius 1 is 1.05 bits per heavy atom. The van der Waals surface area contributed by atoms with Crippen molar-refractivity contribution in [2.45, 2.75) is 17.6 Å². The molecule has 2 rings (SSSR count). The molecule has 2 nitrogen and oxygen atoms in total. The van der Waals surface area contributed by atoms with Crippen LogP contribution >= 0.6 is 11.8 Å². The highest BCUT2D eigenvalue weighted by atomic mass is 32.2. The van der Waals surface area contributed by atoms with Crippen molar-refractivity contribution in [2.75, 3.05) is 11.1 Å². The van der Waals surface area contributed by atoms with Gasteiger partial charge >= 0.3 is 6.18 Å². The summed E-state index contributed by atoms with van der Waals surface area (Å²) >= 11 is 0.755. The van der Waals surface area contributed by atoms with Crippen molar-refractivity contribution >= 4 is 17.4 Å². The van der Waals surface area contributed by atoms with E-state index in [0.717, 1.165) is 17.3 Å². The molecule has 0 radical (unpaired) electrons. The smallest absolute Gasteiger partial charge is 0.398 e. The number of hydrogen-bond acceptors (Lipinski definition) is 3. The van der Waals surface area contributed by atoms with Gasteiger partial charge < -0.3 is 10.4 Å². The van der Waals surface area contributed by atoms with Gasteiger partial charge in [-0.05, 0) is 29.8 Å². The highest BCUT2D eigenvalue weighted by Crippen LogP contribution is 2.32. The number of phenolic OH excluding ortho intramolecular Hbond substituents is 1. The van der Waals surface area contributed by atoms with Gasteiger partial charge in [-0.2, -0.15) is 13.2 Å². The van der Waals surface area contributed by atoms with Crippen molar-refractivity contribution in [1.29, 1.82) is 0 Å². The number of para-hydroxylation sites is 1. The second-order valence-electron chi connectivity index (χ2n) is 4.42. The zero-order chi connectivity index (χ0) is 15.3. The average molecular weight is 313 g/mol. The highest BCUT2D eigenvalue weighted by Gasteiger charge is 2.27. The largest absolute Gasteiger partial charge is 0.508 e. The molecule has 0 fully saturated rings. The molecular formula is C15H14F3NOS. The summed E-state index contributed by atoms with van der Waals surface area (Å²) in [5.41, 5.74) is 1.50. The van der Waals surface area contributed by atoms with E-state index in [0.29, 0.717) is 17.1 Å². The zero-order valence-electron chi connectivity index (χ0n) is 11.0. The molecule has 0 aliphatic carbocycles. The van der Waals surface area contributed by atoms with Crippen molar-refractivity contribution in [3.05, 3.63) is 54.1 Å². The summed E-state index contributed by atoms with van der Waals surface area (Å²) in [6.07, 6.45) is -4.19. The second kappa shape index (κ2) is 6.76. The van der Waals surface area contributed by atoms with Gasteiger partial charge in [-0.3, -0.25) is 0 Å². The Morgan fingerprint density at radius 2 is 1.81 bits per heavy atom. The third-order valence-corrected chi connectivity index (χ3v) is 3.81. The SMILES string of the molecule is Oc1cccc(CNc2ccccc2SCC(F)(F)F)c1. The first kappa shape index (κ1) is 15.6. The van der Waals surface area contributed by atoms with Gasteiger partial charge in [0.2, 0.25) is 0 Å². The predicted octanol–water partition coefficient (Wildman–Crippen LogP) is 4.66. The van der Waals surface area contributed by atoms with Crippen molar-refractivity contribution in [3.63, 3.8) is 0 Å². The summed E-state index contributed by atoms with van der Waals surface area (Å²) in [4.78, 5) is 0.551. The molecule has 0 saturated carbocycles. The Hall–Kier alpha value is -1.82. The fourth-order valence-electron chi connectivity index (χ4n) is 1.76. The summed E-state index contributed by atoms with van der Waals surface area (Å²) in [7, 11) is 0. The second-order valence-corrected chi connectivity index (χ2v) is 5.44. The maximum absolute atomic E-state index is 12.3. The van der Waals surface area contributed by atoms with Crippen LogP contribution in [0.1, 0.15) is 5.56 Å². The molecule has 0 amide bonds. The van der Waals surface area contributed by atoms with E-state index in [4.69, 9.17) is 0 Å². The van der Waals surface area contributed by atoms with Crippen molar-refractivity contribution < 1.29 is 18.3 Å². The lowest BCUT2D eigenvalue weighted by Gasteiger charge is -2.13. The monoisotopic (exact) mass is 313 g/mol. The summed E-state index contributed by atoms with van der Waals surface area (Å²) in [6, 6.07) is 13.6. The van der Waals surface area contributed by atoms with Crippen LogP contribution in [0.15, 0.2) is 53.4 Å². The number of rotatable bonds is 5. The molecule has 21 heavy (non-hydrogen) atoms. The Balaban J connectivity index is 2.03. The van der Waals surface area contributed by atoms with Crippen LogP contribution in [0.25, 0.3) is 0 Å². The molecule has 0 heterocycles. The standard InChI is InChI=1S/C15H14F3NOS/c16-15(17,18)10-21-14-7-2-1-6-13(14)19-9-11-4-3-5-12(20)8-11/h1-8,19-20H,9-10H2. The Labute approximate surface area is 125 Å². The van der Waals surface area contributed by atoms with Gasteiger partial charge in [-0.1, -0.05) is 24.3 Å². The first-order chi connectivity index (χ1) is 9.94. The van der Waals surface area contributed by atoms with Gasteiger partial charge in [0, 0.05) is 17.1 Å². The zero-order valence-corrected chi connectivity index (χ0v) is 11.8. The highest BCUT2D eigenvalue weighted by molar-refractivity contribution is 7.99. The number of benzene rings is 2. The van der Waals surface area contributed by atoms with E-state index < -0.39 is 11.9 Å². The van der Waals surface area contributed by atoms with Crippen molar-refractivity contribution in [1.82, 2.24) is 0 Å². The van der Waals surface area contributed by atoms with Gasteiger partial charge in [0.25, 0.3) is 0 Å². The minimum Gasteiger partial charge on any atom is -0.508 e. The van der Waals surface area contributed by atoms with Crippen LogP contribution in [0.5, 0.6) is 5.75 Å². The van der Waals surface area contributed by atoms with E-state index >= 15 is 0 Å². The molecule has 112 valence electrons. The number of alkyl halides is 3. The van der Waals surface area contributed by atoms with E-state index in [9.17, 15) is 18.3 Å². The van der Waals surface area contributed by atoms with Crippen LogP contribution in [0.4, 0.5) is 18.9 Å². The fraction of sp³-hybridized carbons (Fsp3) is 0.200. The van der Waals surface area contributed by atoms with Gasteiger partial charge in [0.1, 0.15) is 5.75 Å². The Kier molecular flexibility index (Phi) is 5.01. The molecule has 2 aromatic carbocycles. The van der Waals surface area contributed by atoms with Gasteiger partial charge in [-0.15, -0.1) is 11.8 Å². The number of aromatic hydroxyl groups is 1. The summed E-state index contributed by atoms with van der Waals surface area (Å²) in [5, 5.41) is 12.5.